The number of hydrogen-bond acceptors (Lipinski definition) is 2. The lowest BCUT2D eigenvalue weighted by molar-refractivity contribution is 0.102. The van der Waals surface area contributed by atoms with Crippen LogP contribution in [0.1, 0.15) is 15.9 Å². The van der Waals surface area contributed by atoms with Crippen LogP contribution < -0.4 is 5.32 Å². The van der Waals surface area contributed by atoms with E-state index in [4.69, 9.17) is 16.9 Å². The minimum absolute atomic E-state index is 0.225. The van der Waals surface area contributed by atoms with E-state index in [1.54, 1.807) is 48.5 Å². The Morgan fingerprint density at radius 3 is 2.47 bits per heavy atom. The summed E-state index contributed by atoms with van der Waals surface area (Å²) in [6.07, 6.45) is 0.340. The summed E-state index contributed by atoms with van der Waals surface area (Å²) in [6, 6.07) is 16.0. The predicted molar refractivity (Wildman–Crippen MR) is 75.2 cm³/mol. The van der Waals surface area contributed by atoms with Crippen LogP contribution in [0.3, 0.4) is 0 Å². The van der Waals surface area contributed by atoms with Crippen molar-refractivity contribution in [1.29, 1.82) is 5.26 Å². The van der Waals surface area contributed by atoms with Gasteiger partial charge in [-0.15, -0.1) is 0 Å². The number of anilines is 1. The fourth-order valence-corrected chi connectivity index (χ4v) is 1.81. The van der Waals surface area contributed by atoms with Crippen LogP contribution in [0.25, 0.3) is 0 Å². The molecule has 0 atom stereocenters. The summed E-state index contributed by atoms with van der Waals surface area (Å²) < 4.78 is 0. The van der Waals surface area contributed by atoms with Gasteiger partial charge in [-0.3, -0.25) is 4.79 Å². The molecule has 19 heavy (non-hydrogen) atoms. The van der Waals surface area contributed by atoms with Gasteiger partial charge in [0.2, 0.25) is 0 Å². The first-order chi connectivity index (χ1) is 9.20. The van der Waals surface area contributed by atoms with E-state index < -0.39 is 0 Å². The van der Waals surface area contributed by atoms with Gasteiger partial charge in [0.15, 0.2) is 0 Å². The summed E-state index contributed by atoms with van der Waals surface area (Å²) in [6.45, 7) is 0. The zero-order chi connectivity index (χ0) is 13.7. The van der Waals surface area contributed by atoms with E-state index >= 15 is 0 Å². The van der Waals surface area contributed by atoms with Gasteiger partial charge in [0.05, 0.1) is 23.2 Å². The molecule has 0 aliphatic rings. The Kier molecular flexibility index (Phi) is 4.17. The Bertz CT molecular complexity index is 629. The smallest absolute Gasteiger partial charge is 0.255 e. The molecule has 94 valence electrons. The summed E-state index contributed by atoms with van der Waals surface area (Å²) in [5.41, 5.74) is 1.99. The topological polar surface area (TPSA) is 52.9 Å². The summed E-state index contributed by atoms with van der Waals surface area (Å²) >= 11 is 5.97. The van der Waals surface area contributed by atoms with Crippen molar-refractivity contribution in [2.24, 2.45) is 0 Å². The molecule has 0 spiro atoms. The van der Waals surface area contributed by atoms with Gasteiger partial charge in [-0.1, -0.05) is 35.9 Å². The van der Waals surface area contributed by atoms with Crippen molar-refractivity contribution >= 4 is 23.2 Å². The lowest BCUT2D eigenvalue weighted by Gasteiger charge is -2.07. The molecule has 0 radical (unpaired) electrons. The van der Waals surface area contributed by atoms with Crippen LogP contribution in [0.4, 0.5) is 5.69 Å². The van der Waals surface area contributed by atoms with E-state index in [0.717, 1.165) is 5.56 Å². The highest BCUT2D eigenvalue weighted by molar-refractivity contribution is 6.33. The lowest BCUT2D eigenvalue weighted by Crippen LogP contribution is -2.12. The minimum Gasteiger partial charge on any atom is -0.321 e. The molecule has 0 heterocycles. The number of nitrogens with one attached hydrogen (secondary N) is 1. The van der Waals surface area contributed by atoms with Crippen LogP contribution in [-0.4, -0.2) is 5.91 Å². The highest BCUT2D eigenvalue weighted by Gasteiger charge is 2.07. The molecule has 4 heteroatoms. The van der Waals surface area contributed by atoms with E-state index in [1.807, 2.05) is 0 Å². The molecule has 0 saturated carbocycles. The van der Waals surface area contributed by atoms with Gasteiger partial charge in [-0.05, 0) is 29.8 Å². The van der Waals surface area contributed by atoms with Crippen LogP contribution in [0.5, 0.6) is 0 Å². The molecule has 0 unspecified atom stereocenters. The van der Waals surface area contributed by atoms with Crippen molar-refractivity contribution in [2.75, 3.05) is 5.32 Å². The number of nitriles is 1. The van der Waals surface area contributed by atoms with Gasteiger partial charge >= 0.3 is 0 Å². The zero-order valence-corrected chi connectivity index (χ0v) is 10.8. The van der Waals surface area contributed by atoms with Crippen molar-refractivity contribution in [3.8, 4) is 6.07 Å². The lowest BCUT2D eigenvalue weighted by atomic mass is 10.1. The third-order valence-corrected chi connectivity index (χ3v) is 2.95. The Labute approximate surface area is 116 Å². The standard InChI is InChI=1S/C15H11ClN2O/c16-13-3-1-2-4-14(13)18-15(19)12-7-5-11(6-8-12)9-10-17/h1-8H,9H2,(H,18,19). The normalized spacial score (nSPS) is 9.68. The molecule has 0 aliphatic heterocycles. The van der Waals surface area contributed by atoms with E-state index in [1.165, 1.54) is 0 Å². The van der Waals surface area contributed by atoms with Crippen molar-refractivity contribution in [2.45, 2.75) is 6.42 Å². The summed E-state index contributed by atoms with van der Waals surface area (Å²) in [5.74, 6) is -0.225. The van der Waals surface area contributed by atoms with Crippen LogP contribution in [0.15, 0.2) is 48.5 Å². The molecule has 3 nitrogen and oxygen atoms in total. The van der Waals surface area contributed by atoms with Crippen LogP contribution in [0, 0.1) is 11.3 Å². The average molecular weight is 271 g/mol. The van der Waals surface area contributed by atoms with Gasteiger partial charge in [0.25, 0.3) is 5.91 Å². The first-order valence-electron chi connectivity index (χ1n) is 5.72. The third-order valence-electron chi connectivity index (χ3n) is 2.62. The summed E-state index contributed by atoms with van der Waals surface area (Å²) in [7, 11) is 0. The predicted octanol–water partition coefficient (Wildman–Crippen LogP) is 3.66. The van der Waals surface area contributed by atoms with Crippen molar-refractivity contribution in [3.05, 3.63) is 64.7 Å². The van der Waals surface area contributed by atoms with E-state index in [-0.39, 0.29) is 5.91 Å². The fraction of sp³-hybridized carbons (Fsp3) is 0.0667. The van der Waals surface area contributed by atoms with Gasteiger partial charge in [-0.25, -0.2) is 0 Å². The highest BCUT2D eigenvalue weighted by Crippen LogP contribution is 2.21. The Balaban J connectivity index is 2.12. The van der Waals surface area contributed by atoms with Crippen LogP contribution in [0.2, 0.25) is 5.02 Å². The fourth-order valence-electron chi connectivity index (χ4n) is 1.62. The molecule has 1 amide bonds. The second kappa shape index (κ2) is 6.03. The molecule has 0 saturated heterocycles. The molecule has 2 aromatic rings. The zero-order valence-electron chi connectivity index (χ0n) is 10.1. The molecule has 2 aromatic carbocycles. The number of para-hydroxylation sites is 1. The number of halogens is 1. The van der Waals surface area contributed by atoms with Crippen molar-refractivity contribution in [1.82, 2.24) is 0 Å². The van der Waals surface area contributed by atoms with E-state index in [0.29, 0.717) is 22.7 Å². The maximum Gasteiger partial charge on any atom is 0.255 e. The SMILES string of the molecule is N#CCc1ccc(C(=O)Nc2ccccc2Cl)cc1. The first-order valence-corrected chi connectivity index (χ1v) is 6.10. The van der Waals surface area contributed by atoms with Crippen molar-refractivity contribution in [3.63, 3.8) is 0 Å². The number of carbonyl (C=O) groups excluding carboxylic acids is 1. The first kappa shape index (κ1) is 13.1. The number of benzene rings is 2. The minimum atomic E-state index is -0.225. The van der Waals surface area contributed by atoms with Gasteiger partial charge in [0, 0.05) is 5.56 Å². The van der Waals surface area contributed by atoms with E-state index in [2.05, 4.69) is 11.4 Å². The molecule has 1 N–H and O–H groups in total. The van der Waals surface area contributed by atoms with Gasteiger partial charge in [0.1, 0.15) is 0 Å². The van der Waals surface area contributed by atoms with Crippen LogP contribution >= 0.6 is 11.6 Å². The third kappa shape index (κ3) is 3.34. The highest BCUT2D eigenvalue weighted by atomic mass is 35.5. The monoisotopic (exact) mass is 270 g/mol. The summed E-state index contributed by atoms with van der Waals surface area (Å²) in [4.78, 5) is 12.0. The molecule has 0 aliphatic carbocycles. The number of hydrogen-bond donors (Lipinski definition) is 1. The maximum atomic E-state index is 12.0. The molecule has 0 aromatic heterocycles. The van der Waals surface area contributed by atoms with E-state index in [9.17, 15) is 4.79 Å². The van der Waals surface area contributed by atoms with Crippen LogP contribution in [-0.2, 0) is 6.42 Å². The Morgan fingerprint density at radius 2 is 1.84 bits per heavy atom. The average Bonchev–Trinajstić information content (AvgIpc) is 2.42. The second-order valence-electron chi connectivity index (χ2n) is 3.97. The quantitative estimate of drug-likeness (QED) is 0.925. The largest absolute Gasteiger partial charge is 0.321 e. The Hall–Kier alpha value is -2.31. The second-order valence-corrected chi connectivity index (χ2v) is 4.37. The maximum absolute atomic E-state index is 12.0. The number of nitrogens with zero attached hydrogens (tertiary/aromatic N) is 1. The summed E-state index contributed by atoms with van der Waals surface area (Å²) in [5, 5.41) is 11.8. The Morgan fingerprint density at radius 1 is 1.16 bits per heavy atom. The molecule has 0 fully saturated rings. The van der Waals surface area contributed by atoms with Gasteiger partial charge in [-0.2, -0.15) is 5.26 Å². The van der Waals surface area contributed by atoms with Crippen molar-refractivity contribution < 1.29 is 4.79 Å². The molecule has 2 rings (SSSR count). The molecule has 0 bridgehead atoms. The van der Waals surface area contributed by atoms with Gasteiger partial charge < -0.3 is 5.32 Å². The number of amides is 1. The number of carbonyl (C=O) groups is 1. The molecular weight excluding hydrogens is 260 g/mol. The molecular formula is C15H11ClN2O. The number of rotatable bonds is 3.